The molecule has 0 aliphatic heterocycles. The molecule has 3 atom stereocenters. The summed E-state index contributed by atoms with van der Waals surface area (Å²) < 4.78 is 0. The second kappa shape index (κ2) is 4.63. The lowest BCUT2D eigenvalue weighted by Crippen LogP contribution is -2.44. The highest BCUT2D eigenvalue weighted by atomic mass is 16.3. The number of aliphatic hydroxyl groups is 1. The maximum Gasteiger partial charge on any atom is 0.0693 e. The van der Waals surface area contributed by atoms with Gasteiger partial charge >= 0.3 is 0 Å². The van der Waals surface area contributed by atoms with Crippen LogP contribution in [0.4, 0.5) is 0 Å². The van der Waals surface area contributed by atoms with E-state index in [9.17, 15) is 5.11 Å². The minimum Gasteiger partial charge on any atom is -0.392 e. The van der Waals surface area contributed by atoms with Crippen LogP contribution in [0.1, 0.15) is 51.9 Å². The quantitative estimate of drug-likeness (QED) is 0.726. The van der Waals surface area contributed by atoms with Crippen molar-refractivity contribution in [2.24, 2.45) is 5.92 Å². The van der Waals surface area contributed by atoms with Gasteiger partial charge in [0.2, 0.25) is 0 Å². The minimum atomic E-state index is -0.0844. The molecule has 0 spiro atoms. The first-order chi connectivity index (χ1) is 6.77. The zero-order valence-corrected chi connectivity index (χ0v) is 9.21. The third-order valence-electron chi connectivity index (χ3n) is 4.06. The Balaban J connectivity index is 1.78. The Labute approximate surface area is 87.1 Å². The van der Waals surface area contributed by atoms with E-state index < -0.39 is 0 Å². The van der Waals surface area contributed by atoms with Crippen LogP contribution in [0.2, 0.25) is 0 Å². The van der Waals surface area contributed by atoms with Crippen molar-refractivity contribution < 1.29 is 5.11 Å². The zero-order valence-electron chi connectivity index (χ0n) is 9.21. The van der Waals surface area contributed by atoms with Gasteiger partial charge < -0.3 is 10.4 Å². The second-order valence-electron chi connectivity index (χ2n) is 5.10. The van der Waals surface area contributed by atoms with Crippen LogP contribution in [0.15, 0.2) is 0 Å². The van der Waals surface area contributed by atoms with Crippen molar-refractivity contribution in [1.82, 2.24) is 5.32 Å². The molecule has 0 radical (unpaired) electrons. The van der Waals surface area contributed by atoms with Crippen molar-refractivity contribution in [3.8, 4) is 0 Å². The third kappa shape index (κ3) is 2.29. The maximum absolute atomic E-state index is 9.72. The van der Waals surface area contributed by atoms with Gasteiger partial charge in [-0.25, -0.2) is 0 Å². The van der Waals surface area contributed by atoms with Crippen LogP contribution < -0.4 is 5.32 Å². The fourth-order valence-electron chi connectivity index (χ4n) is 3.07. The summed E-state index contributed by atoms with van der Waals surface area (Å²) in [7, 11) is 0. The molecular weight excluding hydrogens is 174 g/mol. The molecule has 14 heavy (non-hydrogen) atoms. The van der Waals surface area contributed by atoms with E-state index in [1.54, 1.807) is 0 Å². The van der Waals surface area contributed by atoms with E-state index >= 15 is 0 Å². The van der Waals surface area contributed by atoms with Gasteiger partial charge in [0.15, 0.2) is 0 Å². The summed E-state index contributed by atoms with van der Waals surface area (Å²) in [4.78, 5) is 0. The number of nitrogens with one attached hydrogen (secondary N) is 1. The zero-order chi connectivity index (χ0) is 9.97. The summed E-state index contributed by atoms with van der Waals surface area (Å²) in [6, 6.07) is 0.987. The van der Waals surface area contributed by atoms with E-state index in [2.05, 4.69) is 12.2 Å². The summed E-state index contributed by atoms with van der Waals surface area (Å²) in [6.07, 6.45) is 8.85. The van der Waals surface area contributed by atoms with Crippen LogP contribution in [0.25, 0.3) is 0 Å². The van der Waals surface area contributed by atoms with Gasteiger partial charge in [0, 0.05) is 12.1 Å². The molecule has 2 fully saturated rings. The minimum absolute atomic E-state index is 0.0844. The lowest BCUT2D eigenvalue weighted by atomic mass is 9.98. The molecule has 0 heterocycles. The van der Waals surface area contributed by atoms with E-state index in [0.717, 1.165) is 18.8 Å². The fourth-order valence-corrected chi connectivity index (χ4v) is 3.07. The van der Waals surface area contributed by atoms with Gasteiger partial charge in [-0.1, -0.05) is 12.8 Å². The average Bonchev–Trinajstić information content (AvgIpc) is 2.77. The highest BCUT2D eigenvalue weighted by molar-refractivity contribution is 4.87. The largest absolute Gasteiger partial charge is 0.392 e. The van der Waals surface area contributed by atoms with Crippen LogP contribution in [0.5, 0.6) is 0 Å². The molecule has 2 saturated carbocycles. The normalized spacial score (nSPS) is 36.4. The predicted molar refractivity (Wildman–Crippen MR) is 58.2 cm³/mol. The van der Waals surface area contributed by atoms with E-state index in [0.29, 0.717) is 12.1 Å². The Morgan fingerprint density at radius 3 is 2.36 bits per heavy atom. The molecule has 0 bridgehead atoms. The lowest BCUT2D eigenvalue weighted by molar-refractivity contribution is 0.138. The van der Waals surface area contributed by atoms with E-state index in [-0.39, 0.29) is 6.10 Å². The van der Waals surface area contributed by atoms with Gasteiger partial charge in [-0.15, -0.1) is 0 Å². The summed E-state index contributed by atoms with van der Waals surface area (Å²) in [5, 5.41) is 13.3. The molecule has 2 heteroatoms. The fraction of sp³-hybridized carbons (Fsp3) is 1.00. The van der Waals surface area contributed by atoms with E-state index in [4.69, 9.17) is 0 Å². The van der Waals surface area contributed by atoms with Gasteiger partial charge in [-0.05, 0) is 44.9 Å². The van der Waals surface area contributed by atoms with Crippen LogP contribution in [0, 0.1) is 5.92 Å². The number of rotatable bonds is 3. The van der Waals surface area contributed by atoms with E-state index in [1.807, 2.05) is 0 Å². The maximum atomic E-state index is 9.72. The van der Waals surface area contributed by atoms with Crippen LogP contribution in [-0.2, 0) is 0 Å². The van der Waals surface area contributed by atoms with Crippen molar-refractivity contribution in [2.75, 3.05) is 0 Å². The summed E-state index contributed by atoms with van der Waals surface area (Å²) >= 11 is 0. The Kier molecular flexibility index (Phi) is 3.45. The molecule has 0 amide bonds. The Bertz CT molecular complexity index is 177. The van der Waals surface area contributed by atoms with Crippen molar-refractivity contribution in [3.05, 3.63) is 0 Å². The van der Waals surface area contributed by atoms with Gasteiger partial charge in [0.25, 0.3) is 0 Å². The van der Waals surface area contributed by atoms with Gasteiger partial charge in [-0.2, -0.15) is 0 Å². The highest BCUT2D eigenvalue weighted by Gasteiger charge is 2.29. The Morgan fingerprint density at radius 2 is 1.79 bits per heavy atom. The van der Waals surface area contributed by atoms with Gasteiger partial charge in [0.05, 0.1) is 6.10 Å². The first-order valence-corrected chi connectivity index (χ1v) is 6.21. The van der Waals surface area contributed by atoms with E-state index in [1.165, 1.54) is 32.1 Å². The molecule has 2 aliphatic rings. The second-order valence-corrected chi connectivity index (χ2v) is 5.10. The van der Waals surface area contributed by atoms with Crippen molar-refractivity contribution in [1.29, 1.82) is 0 Å². The number of hydrogen-bond donors (Lipinski definition) is 2. The Morgan fingerprint density at radius 1 is 1.07 bits per heavy atom. The molecule has 0 aromatic carbocycles. The molecule has 0 aromatic rings. The Hall–Kier alpha value is -0.0800. The first-order valence-electron chi connectivity index (χ1n) is 6.21. The average molecular weight is 197 g/mol. The smallest absolute Gasteiger partial charge is 0.0693 e. The topological polar surface area (TPSA) is 32.3 Å². The summed E-state index contributed by atoms with van der Waals surface area (Å²) in [5.41, 5.74) is 0. The van der Waals surface area contributed by atoms with Crippen molar-refractivity contribution in [3.63, 3.8) is 0 Å². The van der Waals surface area contributed by atoms with Crippen LogP contribution in [0.3, 0.4) is 0 Å². The molecule has 0 unspecified atom stereocenters. The number of hydrogen-bond acceptors (Lipinski definition) is 2. The first kappa shape index (κ1) is 10.4. The highest BCUT2D eigenvalue weighted by Crippen LogP contribution is 2.29. The molecular formula is C12H23NO. The molecule has 2 N–H and O–H groups in total. The molecule has 0 saturated heterocycles. The van der Waals surface area contributed by atoms with Crippen LogP contribution >= 0.6 is 0 Å². The molecule has 2 aliphatic carbocycles. The van der Waals surface area contributed by atoms with Crippen molar-refractivity contribution >= 4 is 0 Å². The van der Waals surface area contributed by atoms with Crippen molar-refractivity contribution in [2.45, 2.75) is 70.1 Å². The predicted octanol–water partition coefficient (Wildman–Crippen LogP) is 2.07. The van der Waals surface area contributed by atoms with Crippen LogP contribution in [-0.4, -0.2) is 23.3 Å². The third-order valence-corrected chi connectivity index (χ3v) is 4.06. The molecule has 2 nitrogen and oxygen atoms in total. The monoisotopic (exact) mass is 197 g/mol. The lowest BCUT2D eigenvalue weighted by Gasteiger charge is -2.26. The summed E-state index contributed by atoms with van der Waals surface area (Å²) in [5.74, 6) is 0.864. The summed E-state index contributed by atoms with van der Waals surface area (Å²) in [6.45, 7) is 2.29. The standard InChI is InChI=1S/C12H23NO/c1-9(10-5-2-3-6-10)13-11-7-4-8-12(11)14/h9-14H,2-8H2,1H3/t9-,11+,12+/m1/s1. The molecule has 0 aromatic heterocycles. The SMILES string of the molecule is C[C@@H](N[C@H]1CCC[C@@H]1O)C1CCCC1. The van der Waals surface area contributed by atoms with Gasteiger partial charge in [-0.3, -0.25) is 0 Å². The molecule has 2 rings (SSSR count). The number of aliphatic hydroxyl groups excluding tert-OH is 1. The van der Waals surface area contributed by atoms with Gasteiger partial charge in [0.1, 0.15) is 0 Å². The molecule has 82 valence electrons.